The van der Waals surface area contributed by atoms with Crippen molar-refractivity contribution in [2.24, 2.45) is 5.92 Å². The van der Waals surface area contributed by atoms with Gasteiger partial charge in [0.15, 0.2) is 0 Å². The van der Waals surface area contributed by atoms with Gasteiger partial charge in [-0.15, -0.1) is 0 Å². The Bertz CT molecular complexity index is 456. The average Bonchev–Trinajstić information content (AvgIpc) is 2.83. The summed E-state index contributed by atoms with van der Waals surface area (Å²) < 4.78 is 43.1. The number of carbonyl (C=O) groups is 1. The third-order valence-corrected chi connectivity index (χ3v) is 5.07. The highest BCUT2D eigenvalue weighted by Crippen LogP contribution is 2.18. The second-order valence-electron chi connectivity index (χ2n) is 7.85. The van der Waals surface area contributed by atoms with Gasteiger partial charge in [0.25, 0.3) is 0 Å². The first-order valence-electron chi connectivity index (χ1n) is 9.88. The van der Waals surface area contributed by atoms with Crippen molar-refractivity contribution in [3.05, 3.63) is 0 Å². The lowest BCUT2D eigenvalue weighted by Gasteiger charge is -2.36. The van der Waals surface area contributed by atoms with E-state index in [1.807, 2.05) is 0 Å². The number of nitrogens with one attached hydrogen (secondary N) is 1. The molecule has 1 N–H and O–H groups in total. The zero-order valence-corrected chi connectivity index (χ0v) is 16.4. The monoisotopic (exact) mass is 394 g/mol. The molecule has 6 nitrogen and oxygen atoms in total. The smallest absolute Gasteiger partial charge is 0.379 e. The molecule has 2 aliphatic heterocycles. The van der Waals surface area contributed by atoms with E-state index in [-0.39, 0.29) is 18.6 Å². The van der Waals surface area contributed by atoms with Crippen LogP contribution in [0.4, 0.5) is 18.0 Å². The molecule has 0 bridgehead atoms. The number of hydrogen-bond donors (Lipinski definition) is 1. The molecular formula is C18H33F3N4O2. The fourth-order valence-electron chi connectivity index (χ4n) is 3.75. The standard InChI is InChI=1S/C18H33F3N4O2/c1-15(2)12-16(24-8-10-27-11-9-24)13-22-17(26)25-5-3-4-23(6-7-25)14-18(19,20)21/h15-16H,3-14H2,1-2H3,(H,22,26). The largest absolute Gasteiger partial charge is 0.401 e. The molecule has 0 aliphatic carbocycles. The first-order chi connectivity index (χ1) is 12.7. The Kier molecular flexibility index (Phi) is 8.62. The second kappa shape index (κ2) is 10.5. The molecular weight excluding hydrogens is 361 g/mol. The van der Waals surface area contributed by atoms with Gasteiger partial charge < -0.3 is 15.0 Å². The number of morpholine rings is 1. The van der Waals surface area contributed by atoms with Gasteiger partial charge in [0.1, 0.15) is 0 Å². The third kappa shape index (κ3) is 8.23. The van der Waals surface area contributed by atoms with Crippen LogP contribution < -0.4 is 5.32 Å². The predicted octanol–water partition coefficient (Wildman–Crippen LogP) is 2.01. The van der Waals surface area contributed by atoms with E-state index < -0.39 is 12.7 Å². The zero-order valence-electron chi connectivity index (χ0n) is 16.4. The quantitative estimate of drug-likeness (QED) is 0.749. The average molecular weight is 394 g/mol. The van der Waals surface area contributed by atoms with Crippen LogP contribution in [0, 0.1) is 5.92 Å². The number of amides is 2. The van der Waals surface area contributed by atoms with E-state index in [1.54, 1.807) is 4.90 Å². The summed E-state index contributed by atoms with van der Waals surface area (Å²) in [5.74, 6) is 0.517. The number of carbonyl (C=O) groups excluding carboxylic acids is 1. The van der Waals surface area contributed by atoms with Crippen LogP contribution in [0.5, 0.6) is 0 Å². The molecule has 1 unspecified atom stereocenters. The molecule has 0 aromatic carbocycles. The normalized spacial score (nSPS) is 21.9. The van der Waals surface area contributed by atoms with Crippen LogP contribution in [0.25, 0.3) is 0 Å². The van der Waals surface area contributed by atoms with Crippen LogP contribution in [0.1, 0.15) is 26.7 Å². The Morgan fingerprint density at radius 3 is 2.41 bits per heavy atom. The summed E-state index contributed by atoms with van der Waals surface area (Å²) in [6.45, 7) is 8.58. The zero-order chi connectivity index (χ0) is 19.9. The van der Waals surface area contributed by atoms with Gasteiger partial charge in [-0.3, -0.25) is 9.80 Å². The number of ether oxygens (including phenoxy) is 1. The molecule has 0 aromatic heterocycles. The van der Waals surface area contributed by atoms with Gasteiger partial charge >= 0.3 is 12.2 Å². The van der Waals surface area contributed by atoms with Crippen molar-refractivity contribution >= 4 is 6.03 Å². The van der Waals surface area contributed by atoms with Gasteiger partial charge in [0, 0.05) is 51.9 Å². The van der Waals surface area contributed by atoms with Crippen LogP contribution in [0.15, 0.2) is 0 Å². The van der Waals surface area contributed by atoms with E-state index in [0.29, 0.717) is 51.7 Å². The van der Waals surface area contributed by atoms with E-state index in [2.05, 4.69) is 24.1 Å². The minimum absolute atomic E-state index is 0.175. The minimum Gasteiger partial charge on any atom is -0.379 e. The van der Waals surface area contributed by atoms with Gasteiger partial charge in [-0.05, 0) is 18.8 Å². The Balaban J connectivity index is 1.81. The molecule has 2 fully saturated rings. The molecule has 2 heterocycles. The fourth-order valence-corrected chi connectivity index (χ4v) is 3.75. The van der Waals surface area contributed by atoms with Crippen molar-refractivity contribution in [1.82, 2.24) is 20.0 Å². The van der Waals surface area contributed by atoms with E-state index in [1.165, 1.54) is 4.90 Å². The highest BCUT2D eigenvalue weighted by atomic mass is 19.4. The molecule has 1 atom stereocenters. The summed E-state index contributed by atoms with van der Waals surface area (Å²) in [5, 5.41) is 3.01. The van der Waals surface area contributed by atoms with Crippen molar-refractivity contribution in [2.45, 2.75) is 38.9 Å². The molecule has 27 heavy (non-hydrogen) atoms. The minimum atomic E-state index is -4.19. The molecule has 2 rings (SSSR count). The van der Waals surface area contributed by atoms with Gasteiger partial charge in [-0.25, -0.2) is 4.79 Å². The number of alkyl halides is 3. The maximum Gasteiger partial charge on any atom is 0.401 e. The van der Waals surface area contributed by atoms with Crippen LogP contribution >= 0.6 is 0 Å². The first kappa shape index (κ1) is 22.2. The lowest BCUT2D eigenvalue weighted by molar-refractivity contribution is -0.145. The Labute approximate surface area is 160 Å². The molecule has 0 saturated carbocycles. The number of nitrogens with zero attached hydrogens (tertiary/aromatic N) is 3. The predicted molar refractivity (Wildman–Crippen MR) is 97.7 cm³/mol. The molecule has 0 aromatic rings. The van der Waals surface area contributed by atoms with E-state index in [0.717, 1.165) is 19.5 Å². The lowest BCUT2D eigenvalue weighted by atomic mass is 10.0. The van der Waals surface area contributed by atoms with Crippen LogP contribution in [0.3, 0.4) is 0 Å². The van der Waals surface area contributed by atoms with E-state index in [4.69, 9.17) is 4.74 Å². The molecule has 0 radical (unpaired) electrons. The number of urea groups is 1. The second-order valence-corrected chi connectivity index (χ2v) is 7.85. The highest BCUT2D eigenvalue weighted by Gasteiger charge is 2.32. The van der Waals surface area contributed by atoms with Crippen LogP contribution in [-0.2, 0) is 4.74 Å². The maximum atomic E-state index is 12.6. The Hall–Kier alpha value is -1.06. The molecule has 0 spiro atoms. The number of halogens is 3. The maximum absolute atomic E-state index is 12.6. The summed E-state index contributed by atoms with van der Waals surface area (Å²) in [4.78, 5) is 17.9. The topological polar surface area (TPSA) is 48.1 Å². The Morgan fingerprint density at radius 2 is 1.78 bits per heavy atom. The Morgan fingerprint density at radius 1 is 1.07 bits per heavy atom. The summed E-state index contributed by atoms with van der Waals surface area (Å²) in [6.07, 6.45) is -2.65. The lowest BCUT2D eigenvalue weighted by Crippen LogP contribution is -2.51. The van der Waals surface area contributed by atoms with Crippen molar-refractivity contribution < 1.29 is 22.7 Å². The fraction of sp³-hybridized carbons (Fsp3) is 0.944. The summed E-state index contributed by atoms with van der Waals surface area (Å²) in [6, 6.07) is 0.0810. The van der Waals surface area contributed by atoms with E-state index in [9.17, 15) is 18.0 Å². The van der Waals surface area contributed by atoms with Crippen LogP contribution in [-0.4, -0.2) is 98.5 Å². The molecule has 2 aliphatic rings. The van der Waals surface area contributed by atoms with Crippen molar-refractivity contribution in [1.29, 1.82) is 0 Å². The van der Waals surface area contributed by atoms with Crippen LogP contribution in [0.2, 0.25) is 0 Å². The first-order valence-corrected chi connectivity index (χ1v) is 9.88. The van der Waals surface area contributed by atoms with Gasteiger partial charge in [-0.1, -0.05) is 13.8 Å². The van der Waals surface area contributed by atoms with Gasteiger partial charge in [0.2, 0.25) is 0 Å². The summed E-state index contributed by atoms with van der Waals surface area (Å²) in [5.41, 5.74) is 0. The van der Waals surface area contributed by atoms with E-state index >= 15 is 0 Å². The molecule has 2 amide bonds. The summed E-state index contributed by atoms with van der Waals surface area (Å²) >= 11 is 0. The highest BCUT2D eigenvalue weighted by molar-refractivity contribution is 5.74. The van der Waals surface area contributed by atoms with Crippen molar-refractivity contribution in [3.63, 3.8) is 0 Å². The molecule has 2 saturated heterocycles. The molecule has 9 heteroatoms. The van der Waals surface area contributed by atoms with Gasteiger partial charge in [0.05, 0.1) is 19.8 Å². The number of rotatable bonds is 6. The van der Waals surface area contributed by atoms with Crippen molar-refractivity contribution in [3.8, 4) is 0 Å². The van der Waals surface area contributed by atoms with Gasteiger partial charge in [-0.2, -0.15) is 13.2 Å². The third-order valence-electron chi connectivity index (χ3n) is 5.07. The SMILES string of the molecule is CC(C)CC(CNC(=O)N1CCCN(CC(F)(F)F)CC1)N1CCOCC1. The van der Waals surface area contributed by atoms with Crippen molar-refractivity contribution in [2.75, 3.05) is 65.6 Å². The number of hydrogen-bond acceptors (Lipinski definition) is 4. The molecule has 158 valence electrons. The summed E-state index contributed by atoms with van der Waals surface area (Å²) in [7, 11) is 0.